The maximum absolute atomic E-state index is 14.8. The molecule has 3 amide bonds. The van der Waals surface area contributed by atoms with E-state index in [2.05, 4.69) is 5.32 Å². The van der Waals surface area contributed by atoms with Crippen LogP contribution in [0.3, 0.4) is 0 Å². The quantitative estimate of drug-likeness (QED) is 0.510. The van der Waals surface area contributed by atoms with Gasteiger partial charge in [0.05, 0.1) is 51.9 Å². The monoisotopic (exact) mass is 575 g/mol. The minimum absolute atomic E-state index is 0.0453. The fourth-order valence-corrected chi connectivity index (χ4v) is 7.47. The Bertz CT molecular complexity index is 1380. The molecule has 4 atom stereocenters. The van der Waals surface area contributed by atoms with Gasteiger partial charge in [0.2, 0.25) is 11.8 Å². The smallest absolute Gasteiger partial charge is 0.262 e. The molecule has 188 valence electrons. The number of amides is 3. The first kappa shape index (κ1) is 24.2. The lowest BCUT2D eigenvalue weighted by Crippen LogP contribution is -2.55. The van der Waals surface area contributed by atoms with Crippen LogP contribution in [-0.4, -0.2) is 48.2 Å². The van der Waals surface area contributed by atoms with Gasteiger partial charge in [0.1, 0.15) is 5.54 Å². The van der Waals surface area contributed by atoms with E-state index in [0.717, 1.165) is 4.90 Å². The molecule has 0 saturated carbocycles. The van der Waals surface area contributed by atoms with Crippen LogP contribution in [0.5, 0.6) is 5.75 Å². The summed E-state index contributed by atoms with van der Waals surface area (Å²) in [5.41, 5.74) is -1.49. The first-order valence-electron chi connectivity index (χ1n) is 10.8. The fraction of sp³-hybridized carbons (Fsp3) is 0.348. The van der Waals surface area contributed by atoms with Crippen molar-refractivity contribution in [2.24, 2.45) is 11.8 Å². The minimum Gasteiger partial charge on any atom is -0.494 e. The average molecular weight is 577 g/mol. The summed E-state index contributed by atoms with van der Waals surface area (Å²) in [7, 11) is 1.36. The number of alkyl halides is 2. The zero-order chi connectivity index (χ0) is 25.9. The van der Waals surface area contributed by atoms with Crippen LogP contribution < -0.4 is 15.0 Å². The number of nitrogens with zero attached hydrogens (tertiary/aromatic N) is 2. The Balaban J connectivity index is 1.57. The second kappa shape index (κ2) is 7.68. The van der Waals surface area contributed by atoms with Gasteiger partial charge >= 0.3 is 0 Å². The first-order valence-corrected chi connectivity index (χ1v) is 12.3. The van der Waals surface area contributed by atoms with Gasteiger partial charge in [-0.1, -0.05) is 46.4 Å². The van der Waals surface area contributed by atoms with Crippen molar-refractivity contribution >= 4 is 75.5 Å². The van der Waals surface area contributed by atoms with Crippen LogP contribution in [0.4, 0.5) is 20.2 Å². The molecule has 13 heteroatoms. The second-order valence-corrected chi connectivity index (χ2v) is 10.9. The Kier molecular flexibility index (Phi) is 5.16. The van der Waals surface area contributed by atoms with E-state index >= 15 is 0 Å². The number of methoxy groups -OCH3 is 1. The van der Waals surface area contributed by atoms with Crippen molar-refractivity contribution in [1.82, 2.24) is 4.90 Å². The molecule has 4 unspecified atom stereocenters. The van der Waals surface area contributed by atoms with Crippen LogP contribution >= 0.6 is 46.4 Å². The molecule has 3 saturated heterocycles. The lowest BCUT2D eigenvalue weighted by molar-refractivity contribution is -0.136. The first-order chi connectivity index (χ1) is 16.9. The zero-order valence-corrected chi connectivity index (χ0v) is 21.3. The molecule has 0 bridgehead atoms. The zero-order valence-electron chi connectivity index (χ0n) is 18.3. The topological polar surface area (TPSA) is 79.0 Å². The van der Waals surface area contributed by atoms with Gasteiger partial charge in [-0.25, -0.2) is 13.7 Å². The third-order valence-corrected chi connectivity index (χ3v) is 8.55. The number of rotatable bonds is 2. The van der Waals surface area contributed by atoms with E-state index in [1.807, 2.05) is 0 Å². The normalized spacial score (nSPS) is 30.1. The van der Waals surface area contributed by atoms with Gasteiger partial charge in [-0.2, -0.15) is 0 Å². The molecule has 3 fully saturated rings. The third kappa shape index (κ3) is 2.92. The number of imide groups is 1. The number of carbonyl (C=O) groups excluding carboxylic acids is 3. The molecule has 0 aliphatic carbocycles. The van der Waals surface area contributed by atoms with Crippen molar-refractivity contribution in [2.45, 2.75) is 23.9 Å². The number of hydrogen-bond donors (Lipinski definition) is 1. The lowest BCUT2D eigenvalue weighted by atomic mass is 9.75. The van der Waals surface area contributed by atoms with Crippen molar-refractivity contribution in [2.75, 3.05) is 23.9 Å². The third-order valence-electron chi connectivity index (χ3n) is 7.47. The largest absolute Gasteiger partial charge is 0.494 e. The number of nitrogens with one attached hydrogen (secondary N) is 1. The maximum atomic E-state index is 14.8. The number of hydrogen-bond acceptors (Lipinski definition) is 5. The number of benzene rings is 2. The summed E-state index contributed by atoms with van der Waals surface area (Å²) in [4.78, 5) is 43.5. The van der Waals surface area contributed by atoms with E-state index in [-0.39, 0.29) is 42.8 Å². The molecule has 0 radical (unpaired) electrons. The van der Waals surface area contributed by atoms with Gasteiger partial charge in [0, 0.05) is 23.0 Å². The van der Waals surface area contributed by atoms with Crippen molar-refractivity contribution < 1.29 is 27.9 Å². The molecule has 0 aromatic heterocycles. The summed E-state index contributed by atoms with van der Waals surface area (Å²) < 4.78 is 34.7. The molecule has 4 aliphatic heterocycles. The van der Waals surface area contributed by atoms with E-state index in [9.17, 15) is 23.2 Å². The number of halogens is 6. The molecular weight excluding hydrogens is 562 g/mol. The van der Waals surface area contributed by atoms with Crippen LogP contribution in [-0.2, 0) is 19.9 Å². The number of anilines is 2. The van der Waals surface area contributed by atoms with Crippen LogP contribution in [0, 0.1) is 11.8 Å². The van der Waals surface area contributed by atoms with Gasteiger partial charge in [-0.15, -0.1) is 0 Å². The molecule has 4 aliphatic rings. The molecule has 6 rings (SSSR count). The van der Waals surface area contributed by atoms with Crippen LogP contribution in [0.25, 0.3) is 0 Å². The highest BCUT2D eigenvalue weighted by Gasteiger charge is 2.77. The van der Waals surface area contributed by atoms with Crippen molar-refractivity contribution in [3.63, 3.8) is 0 Å². The lowest BCUT2D eigenvalue weighted by Gasteiger charge is -2.36. The minimum atomic E-state index is -3.18. The average Bonchev–Trinajstić information content (AvgIpc) is 3.41. The molecule has 2 aromatic carbocycles. The summed E-state index contributed by atoms with van der Waals surface area (Å²) in [5, 5.41) is 2.98. The predicted octanol–water partition coefficient (Wildman–Crippen LogP) is 4.99. The van der Waals surface area contributed by atoms with E-state index < -0.39 is 60.0 Å². The van der Waals surface area contributed by atoms with Crippen LogP contribution in [0.2, 0.25) is 20.1 Å². The molecule has 36 heavy (non-hydrogen) atoms. The molecule has 1 N–H and O–H groups in total. The standard InChI is InChI=1S/C23H15Cl4F2N3O4/c1-36-18-12(26)4-9(5-13(18)27)32-19(33)15-14-6-22(28,29)7-31(14)23(16(15)20(32)34)10-2-8(24)3-11(25)17(10)30-21(23)35/h2-5,14-16H,6-7H2,1H3,(H,30,35). The van der Waals surface area contributed by atoms with Gasteiger partial charge in [-0.05, 0) is 24.3 Å². The maximum Gasteiger partial charge on any atom is 0.262 e. The van der Waals surface area contributed by atoms with E-state index in [1.165, 1.54) is 36.3 Å². The second-order valence-electron chi connectivity index (χ2n) is 9.24. The fourth-order valence-electron chi connectivity index (χ4n) is 6.30. The van der Waals surface area contributed by atoms with Gasteiger partial charge < -0.3 is 10.1 Å². The van der Waals surface area contributed by atoms with Crippen LogP contribution in [0.15, 0.2) is 24.3 Å². The molecule has 7 nitrogen and oxygen atoms in total. The number of ether oxygens (including phenoxy) is 1. The molecule has 4 heterocycles. The van der Waals surface area contributed by atoms with Crippen LogP contribution in [0.1, 0.15) is 12.0 Å². The van der Waals surface area contributed by atoms with Crippen molar-refractivity contribution in [3.8, 4) is 5.75 Å². The molecule has 1 spiro atoms. The Morgan fingerprint density at radius 2 is 1.67 bits per heavy atom. The van der Waals surface area contributed by atoms with Gasteiger partial charge in [-0.3, -0.25) is 19.3 Å². The van der Waals surface area contributed by atoms with Crippen molar-refractivity contribution in [3.05, 3.63) is 49.9 Å². The predicted molar refractivity (Wildman–Crippen MR) is 129 cm³/mol. The van der Waals surface area contributed by atoms with Crippen molar-refractivity contribution in [1.29, 1.82) is 0 Å². The summed E-state index contributed by atoms with van der Waals surface area (Å²) >= 11 is 25.1. The Morgan fingerprint density at radius 3 is 2.31 bits per heavy atom. The Labute approximate surface area is 223 Å². The Morgan fingerprint density at radius 1 is 1.00 bits per heavy atom. The SMILES string of the molecule is COc1c(Cl)cc(N2C(=O)C3C4CC(F)(F)CN4C4(C(=O)Nc5c(Cl)cc(Cl)cc54)C3C2=O)cc1Cl. The number of carbonyl (C=O) groups is 3. The number of fused-ring (bicyclic) bond motifs is 7. The molecule has 2 aromatic rings. The van der Waals surface area contributed by atoms with E-state index in [1.54, 1.807) is 0 Å². The highest BCUT2D eigenvalue weighted by Crippen LogP contribution is 2.63. The van der Waals surface area contributed by atoms with E-state index in [0.29, 0.717) is 0 Å². The molecular formula is C23H15Cl4F2N3O4. The summed E-state index contributed by atoms with van der Waals surface area (Å²) in [5.74, 6) is -7.74. The van der Waals surface area contributed by atoms with Gasteiger partial charge in [0.25, 0.3) is 11.8 Å². The summed E-state index contributed by atoms with van der Waals surface area (Å²) in [6.07, 6.45) is -0.691. The van der Waals surface area contributed by atoms with Gasteiger partial charge in [0.15, 0.2) is 5.75 Å². The highest BCUT2D eigenvalue weighted by molar-refractivity contribution is 6.39. The highest BCUT2D eigenvalue weighted by atomic mass is 35.5. The Hall–Kier alpha value is -2.17. The van der Waals surface area contributed by atoms with E-state index in [4.69, 9.17) is 51.1 Å². The summed E-state index contributed by atoms with van der Waals surface area (Å²) in [6, 6.07) is 4.41. The summed E-state index contributed by atoms with van der Waals surface area (Å²) in [6.45, 7) is -0.803.